The highest BCUT2D eigenvalue weighted by Crippen LogP contribution is 2.36. The van der Waals surface area contributed by atoms with Crippen LogP contribution in [0, 0.1) is 0 Å². The zero-order valence-electron chi connectivity index (χ0n) is 25.9. The van der Waals surface area contributed by atoms with Crippen molar-refractivity contribution in [3.8, 4) is 11.4 Å². The van der Waals surface area contributed by atoms with Gasteiger partial charge in [-0.15, -0.1) is 0 Å². The molecule has 3 heterocycles. The Kier molecular flexibility index (Phi) is 8.34. The van der Waals surface area contributed by atoms with Crippen LogP contribution < -0.4 is 15.1 Å². The van der Waals surface area contributed by atoms with Gasteiger partial charge < -0.3 is 14.8 Å². The fourth-order valence-electron chi connectivity index (χ4n) is 5.43. The quantitative estimate of drug-likeness (QED) is 0.172. The molecule has 45 heavy (non-hydrogen) atoms. The number of nitrogens with one attached hydrogen (secondary N) is 1. The maximum Gasteiger partial charge on any atom is 0.297 e. The molecule has 230 valence electrons. The number of Topliss-reactive ketones (excluding diaryl/α,β-unsaturated/α-hetero) is 1. The minimum atomic E-state index is -0.753. The molecule has 1 fully saturated rings. The van der Waals surface area contributed by atoms with Crippen molar-refractivity contribution in [3.63, 3.8) is 0 Å². The summed E-state index contributed by atoms with van der Waals surface area (Å²) in [6, 6.07) is 24.4. The van der Waals surface area contributed by atoms with E-state index in [9.17, 15) is 9.59 Å². The van der Waals surface area contributed by atoms with Gasteiger partial charge in [-0.2, -0.15) is 5.10 Å². The van der Waals surface area contributed by atoms with Gasteiger partial charge in [-0.3, -0.25) is 19.6 Å². The topological polar surface area (TPSA) is 102 Å². The number of benzene rings is 3. The monoisotopic (exact) mass is 604 g/mol. The molecule has 0 spiro atoms. The van der Waals surface area contributed by atoms with Crippen molar-refractivity contribution in [1.82, 2.24) is 19.8 Å². The molecule has 10 nitrogen and oxygen atoms in total. The molecule has 1 aliphatic rings. The summed E-state index contributed by atoms with van der Waals surface area (Å²) in [6.45, 7) is 8.76. The molecule has 0 aliphatic carbocycles. The number of aromatic nitrogens is 3. The third kappa shape index (κ3) is 6.15. The molecule has 1 amide bonds. The number of morpholine rings is 1. The van der Waals surface area contributed by atoms with E-state index in [1.165, 1.54) is 0 Å². The molecule has 6 rings (SSSR count). The Morgan fingerprint density at radius 1 is 0.911 bits per heavy atom. The molecule has 5 aromatic rings. The van der Waals surface area contributed by atoms with Gasteiger partial charge >= 0.3 is 0 Å². The molecule has 1 saturated heterocycles. The van der Waals surface area contributed by atoms with Gasteiger partial charge in [-0.05, 0) is 41.8 Å². The molecule has 0 atom stereocenters. The van der Waals surface area contributed by atoms with Crippen LogP contribution in [0.4, 0.5) is 17.2 Å². The first-order chi connectivity index (χ1) is 21.7. The fraction of sp³-hybridized carbons (Fsp3) is 0.257. The van der Waals surface area contributed by atoms with Crippen molar-refractivity contribution >= 4 is 39.7 Å². The van der Waals surface area contributed by atoms with Crippen LogP contribution in [0.2, 0.25) is 0 Å². The second-order valence-corrected chi connectivity index (χ2v) is 11.8. The van der Waals surface area contributed by atoms with Crippen molar-refractivity contribution in [3.05, 3.63) is 103 Å². The molecule has 0 unspecified atom stereocenters. The normalized spacial score (nSPS) is 13.9. The largest absolute Gasteiger partial charge is 0.497 e. The van der Waals surface area contributed by atoms with Crippen LogP contribution in [-0.2, 0) is 14.9 Å². The lowest BCUT2D eigenvalue weighted by Crippen LogP contribution is -2.46. The van der Waals surface area contributed by atoms with Crippen LogP contribution in [0.5, 0.6) is 5.75 Å². The van der Waals surface area contributed by atoms with E-state index in [0.717, 1.165) is 22.5 Å². The van der Waals surface area contributed by atoms with E-state index in [1.807, 2.05) is 87.5 Å². The smallest absolute Gasteiger partial charge is 0.297 e. The summed E-state index contributed by atoms with van der Waals surface area (Å²) in [5.41, 5.74) is 3.31. The molecular weight excluding hydrogens is 568 g/mol. The van der Waals surface area contributed by atoms with Crippen molar-refractivity contribution in [2.24, 2.45) is 0 Å². The summed E-state index contributed by atoms with van der Waals surface area (Å²) in [4.78, 5) is 31.7. The number of amides is 1. The molecular formula is C35H36N6O4. The summed E-state index contributed by atoms with van der Waals surface area (Å²) < 4.78 is 12.7. The van der Waals surface area contributed by atoms with Crippen LogP contribution in [0.25, 0.3) is 16.5 Å². The molecule has 10 heteroatoms. The van der Waals surface area contributed by atoms with E-state index in [4.69, 9.17) is 14.6 Å². The number of anilines is 3. The van der Waals surface area contributed by atoms with Gasteiger partial charge in [-0.25, -0.2) is 9.69 Å². The highest BCUT2D eigenvalue weighted by Gasteiger charge is 2.27. The number of ketones is 1. The van der Waals surface area contributed by atoms with E-state index in [1.54, 1.807) is 36.3 Å². The molecule has 0 radical (unpaired) electrons. The van der Waals surface area contributed by atoms with Gasteiger partial charge in [0.1, 0.15) is 11.6 Å². The first-order valence-electron chi connectivity index (χ1n) is 14.9. The predicted molar refractivity (Wildman–Crippen MR) is 174 cm³/mol. The number of ether oxygens (including phenoxy) is 2. The Labute approximate surface area is 262 Å². The van der Waals surface area contributed by atoms with E-state index in [-0.39, 0.29) is 5.41 Å². The molecule has 3 aromatic carbocycles. The highest BCUT2D eigenvalue weighted by molar-refractivity contribution is 6.48. The number of methoxy groups -OCH3 is 1. The van der Waals surface area contributed by atoms with Gasteiger partial charge in [0.2, 0.25) is 0 Å². The van der Waals surface area contributed by atoms with Crippen LogP contribution in [0.1, 0.15) is 36.8 Å². The second-order valence-electron chi connectivity index (χ2n) is 11.8. The zero-order chi connectivity index (χ0) is 31.6. The number of pyridine rings is 1. The lowest BCUT2D eigenvalue weighted by Gasteiger charge is -2.39. The zero-order valence-corrected chi connectivity index (χ0v) is 25.9. The summed E-state index contributed by atoms with van der Waals surface area (Å²) in [7, 11) is 1.59. The number of hydrazine groups is 1. The van der Waals surface area contributed by atoms with Crippen molar-refractivity contribution in [2.45, 2.75) is 26.2 Å². The number of nitrogens with zero attached hydrogens (tertiary/aromatic N) is 5. The average Bonchev–Trinajstić information content (AvgIpc) is 3.50. The van der Waals surface area contributed by atoms with E-state index in [2.05, 4.69) is 20.3 Å². The maximum atomic E-state index is 13.9. The van der Waals surface area contributed by atoms with Gasteiger partial charge in [0, 0.05) is 54.0 Å². The van der Waals surface area contributed by atoms with Gasteiger partial charge in [-0.1, -0.05) is 51.1 Å². The van der Waals surface area contributed by atoms with Crippen molar-refractivity contribution in [1.29, 1.82) is 0 Å². The third-order valence-corrected chi connectivity index (χ3v) is 7.77. The number of fused-ring (bicyclic) bond motifs is 1. The molecule has 0 saturated carbocycles. The standard InChI is InChI=1S/C35H36N6O4/c1-35(2,3)31-23-32(40(38-31)25-8-7-9-26(22-25)44-4)37-34(43)33(42)29-12-13-30(28-11-6-5-10-27(28)29)41(24-14-16-36-17-15-24)39-18-20-45-21-19-39/h5-17,22-23H,18-21H2,1-4H3,(H,37,43). The average molecular weight is 605 g/mol. The van der Waals surface area contributed by atoms with E-state index in [0.29, 0.717) is 54.5 Å². The Bertz CT molecular complexity index is 1840. The Hall–Kier alpha value is -5.06. The number of hydrogen-bond acceptors (Lipinski definition) is 8. The van der Waals surface area contributed by atoms with Crippen LogP contribution in [-0.4, -0.2) is 64.9 Å². The predicted octanol–water partition coefficient (Wildman–Crippen LogP) is 5.93. The van der Waals surface area contributed by atoms with E-state index >= 15 is 0 Å². The SMILES string of the molecule is COc1cccc(-n2nc(C(C)(C)C)cc2NC(=O)C(=O)c2ccc(N(c3ccncc3)N3CCOCC3)c3ccccc23)c1. The van der Waals surface area contributed by atoms with E-state index < -0.39 is 11.7 Å². The molecule has 0 bridgehead atoms. The van der Waals surface area contributed by atoms with Gasteiger partial charge in [0.05, 0.1) is 43.1 Å². The van der Waals surface area contributed by atoms with Crippen molar-refractivity contribution in [2.75, 3.05) is 43.7 Å². The number of hydrogen-bond donors (Lipinski definition) is 1. The minimum Gasteiger partial charge on any atom is -0.497 e. The van der Waals surface area contributed by atoms with Crippen LogP contribution >= 0.6 is 0 Å². The second kappa shape index (κ2) is 12.5. The Morgan fingerprint density at radius 3 is 2.36 bits per heavy atom. The van der Waals surface area contributed by atoms with Crippen LogP contribution in [0.15, 0.2) is 91.3 Å². The maximum absolute atomic E-state index is 13.9. The first-order valence-corrected chi connectivity index (χ1v) is 14.9. The highest BCUT2D eigenvalue weighted by atomic mass is 16.5. The van der Waals surface area contributed by atoms with Crippen LogP contribution in [0.3, 0.4) is 0 Å². The molecule has 1 N–H and O–H groups in total. The lowest BCUT2D eigenvalue weighted by molar-refractivity contribution is -0.112. The van der Waals surface area contributed by atoms with Gasteiger partial charge in [0.15, 0.2) is 0 Å². The third-order valence-electron chi connectivity index (χ3n) is 7.77. The Balaban J connectivity index is 1.37. The molecule has 1 aliphatic heterocycles. The first kappa shape index (κ1) is 30.0. The summed E-state index contributed by atoms with van der Waals surface area (Å²) in [6.07, 6.45) is 3.52. The van der Waals surface area contributed by atoms with Crippen molar-refractivity contribution < 1.29 is 19.1 Å². The number of carbonyl (C=O) groups excluding carboxylic acids is 2. The number of rotatable bonds is 8. The Morgan fingerprint density at radius 2 is 1.64 bits per heavy atom. The minimum absolute atomic E-state index is 0.291. The summed E-state index contributed by atoms with van der Waals surface area (Å²) in [5.74, 6) is -0.353. The van der Waals surface area contributed by atoms with Gasteiger partial charge in [0.25, 0.3) is 11.7 Å². The summed E-state index contributed by atoms with van der Waals surface area (Å²) in [5, 5.41) is 13.5. The lowest BCUT2D eigenvalue weighted by atomic mass is 9.92. The number of carbonyl (C=O) groups is 2. The summed E-state index contributed by atoms with van der Waals surface area (Å²) >= 11 is 0. The fourth-order valence-corrected chi connectivity index (χ4v) is 5.43. The molecule has 2 aromatic heterocycles.